The topological polar surface area (TPSA) is 97.6 Å². The van der Waals surface area contributed by atoms with E-state index in [1.54, 1.807) is 31.2 Å². The molecule has 2 heterocycles. The third-order valence-corrected chi connectivity index (χ3v) is 5.86. The molecule has 1 aliphatic rings. The Balaban J connectivity index is 1.35. The minimum absolute atomic E-state index is 0.145. The van der Waals surface area contributed by atoms with Crippen molar-refractivity contribution in [3.8, 4) is 11.4 Å². The lowest BCUT2D eigenvalue weighted by atomic mass is 9.97. The molecule has 34 heavy (non-hydrogen) atoms. The van der Waals surface area contributed by atoms with Gasteiger partial charge in [0.05, 0.1) is 35.3 Å². The number of hydrogen-bond donors (Lipinski definition) is 1. The third-order valence-electron chi connectivity index (χ3n) is 5.54. The number of aromatic nitrogens is 2. The van der Waals surface area contributed by atoms with Crippen LogP contribution in [-0.4, -0.2) is 46.6 Å². The minimum atomic E-state index is -0.464. The number of esters is 1. The van der Waals surface area contributed by atoms with E-state index in [4.69, 9.17) is 20.9 Å². The number of halogens is 2. The number of nitrogens with zero attached hydrogens (tertiary/aromatic N) is 3. The van der Waals surface area contributed by atoms with Crippen LogP contribution in [0.4, 0.5) is 10.1 Å². The Labute approximate surface area is 201 Å². The quantitative estimate of drug-likeness (QED) is 0.489. The molecule has 1 unspecified atom stereocenters. The number of amides is 1. The highest BCUT2D eigenvalue weighted by atomic mass is 35.5. The molecule has 0 aliphatic carbocycles. The van der Waals surface area contributed by atoms with Gasteiger partial charge in [-0.2, -0.15) is 4.98 Å². The normalized spacial score (nSPS) is 16.3. The van der Waals surface area contributed by atoms with Crippen molar-refractivity contribution in [1.82, 2.24) is 15.0 Å². The van der Waals surface area contributed by atoms with Gasteiger partial charge in [0.25, 0.3) is 0 Å². The third kappa shape index (κ3) is 5.78. The van der Waals surface area contributed by atoms with Crippen molar-refractivity contribution < 1.29 is 23.2 Å². The smallest absolute Gasteiger partial charge is 0.338 e. The minimum Gasteiger partial charge on any atom is -0.462 e. The fraction of sp³-hybridized carbons (Fsp3) is 0.333. The number of benzene rings is 2. The SMILES string of the molecule is CCOC(=O)c1ccc(NC(=O)C2CCCN(Cc3nc(-c4ccc(F)cc4)no3)C2)c(Cl)c1. The fourth-order valence-corrected chi connectivity index (χ4v) is 4.06. The predicted octanol–water partition coefficient (Wildman–Crippen LogP) is 4.56. The Morgan fingerprint density at radius 3 is 2.79 bits per heavy atom. The first-order valence-corrected chi connectivity index (χ1v) is 11.4. The zero-order valence-electron chi connectivity index (χ0n) is 18.6. The molecule has 2 aromatic carbocycles. The molecule has 1 fully saturated rings. The van der Waals surface area contributed by atoms with Crippen LogP contribution in [0, 0.1) is 11.7 Å². The van der Waals surface area contributed by atoms with Crippen LogP contribution in [0.25, 0.3) is 11.4 Å². The molecule has 1 aromatic heterocycles. The summed E-state index contributed by atoms with van der Waals surface area (Å²) in [4.78, 5) is 31.2. The molecule has 8 nitrogen and oxygen atoms in total. The summed E-state index contributed by atoms with van der Waals surface area (Å²) < 4.78 is 23.4. The van der Waals surface area contributed by atoms with Gasteiger partial charge in [0.15, 0.2) is 0 Å². The van der Waals surface area contributed by atoms with Gasteiger partial charge in [0, 0.05) is 12.1 Å². The number of anilines is 1. The van der Waals surface area contributed by atoms with E-state index in [1.165, 1.54) is 18.2 Å². The Morgan fingerprint density at radius 1 is 1.26 bits per heavy atom. The summed E-state index contributed by atoms with van der Waals surface area (Å²) in [5.41, 5.74) is 1.43. The van der Waals surface area contributed by atoms with E-state index in [0.717, 1.165) is 19.4 Å². The fourth-order valence-electron chi connectivity index (χ4n) is 3.83. The number of piperidine rings is 1. The first-order chi connectivity index (χ1) is 16.4. The van der Waals surface area contributed by atoms with Crippen LogP contribution in [0.15, 0.2) is 47.0 Å². The second-order valence-electron chi connectivity index (χ2n) is 8.00. The summed E-state index contributed by atoms with van der Waals surface area (Å²) >= 11 is 6.27. The van der Waals surface area contributed by atoms with Crippen LogP contribution in [0.3, 0.4) is 0 Å². The van der Waals surface area contributed by atoms with Gasteiger partial charge in [-0.15, -0.1) is 0 Å². The molecule has 1 saturated heterocycles. The Morgan fingerprint density at radius 2 is 2.06 bits per heavy atom. The molecule has 178 valence electrons. The summed E-state index contributed by atoms with van der Waals surface area (Å²) in [6.45, 7) is 3.73. The highest BCUT2D eigenvalue weighted by Crippen LogP contribution is 2.26. The number of hydrogen-bond acceptors (Lipinski definition) is 7. The summed E-state index contributed by atoms with van der Waals surface area (Å²) in [5, 5.41) is 7.10. The van der Waals surface area contributed by atoms with Gasteiger partial charge >= 0.3 is 5.97 Å². The van der Waals surface area contributed by atoms with Crippen LogP contribution < -0.4 is 5.32 Å². The van der Waals surface area contributed by atoms with Crippen LogP contribution in [0.2, 0.25) is 5.02 Å². The molecule has 0 saturated carbocycles. The van der Waals surface area contributed by atoms with Crippen LogP contribution in [-0.2, 0) is 16.1 Å². The highest BCUT2D eigenvalue weighted by molar-refractivity contribution is 6.34. The highest BCUT2D eigenvalue weighted by Gasteiger charge is 2.27. The molecular weight excluding hydrogens is 463 g/mol. The maximum Gasteiger partial charge on any atom is 0.338 e. The van der Waals surface area contributed by atoms with Gasteiger partial charge in [0.1, 0.15) is 5.82 Å². The number of likely N-dealkylation sites (tertiary alicyclic amines) is 1. The van der Waals surface area contributed by atoms with Crippen molar-refractivity contribution in [3.63, 3.8) is 0 Å². The van der Waals surface area contributed by atoms with E-state index < -0.39 is 5.97 Å². The van der Waals surface area contributed by atoms with E-state index >= 15 is 0 Å². The molecule has 1 amide bonds. The van der Waals surface area contributed by atoms with E-state index in [-0.39, 0.29) is 29.3 Å². The monoisotopic (exact) mass is 486 g/mol. The molecule has 10 heteroatoms. The Bertz CT molecular complexity index is 1170. The number of ether oxygens (including phenoxy) is 1. The van der Waals surface area contributed by atoms with Crippen molar-refractivity contribution in [2.24, 2.45) is 5.92 Å². The van der Waals surface area contributed by atoms with E-state index in [0.29, 0.717) is 41.6 Å². The van der Waals surface area contributed by atoms with E-state index in [1.807, 2.05) is 0 Å². The average Bonchev–Trinajstić information content (AvgIpc) is 3.29. The summed E-state index contributed by atoms with van der Waals surface area (Å²) in [5.74, 6) is -0.364. The molecule has 0 bridgehead atoms. The molecule has 4 rings (SSSR count). The second kappa shape index (κ2) is 10.8. The van der Waals surface area contributed by atoms with Crippen LogP contribution in [0.5, 0.6) is 0 Å². The maximum absolute atomic E-state index is 13.1. The number of rotatable bonds is 7. The summed E-state index contributed by atoms with van der Waals surface area (Å²) in [7, 11) is 0. The molecule has 1 atom stereocenters. The first kappa shape index (κ1) is 23.8. The lowest BCUT2D eigenvalue weighted by Gasteiger charge is -2.30. The maximum atomic E-state index is 13.1. The number of nitrogens with one attached hydrogen (secondary N) is 1. The Hall–Kier alpha value is -3.30. The lowest BCUT2D eigenvalue weighted by Crippen LogP contribution is -2.40. The molecule has 0 radical (unpaired) electrons. The molecule has 0 spiro atoms. The Kier molecular flexibility index (Phi) is 7.54. The lowest BCUT2D eigenvalue weighted by molar-refractivity contribution is -0.121. The van der Waals surface area contributed by atoms with Gasteiger partial charge in [-0.3, -0.25) is 9.69 Å². The van der Waals surface area contributed by atoms with Crippen molar-refractivity contribution in [3.05, 3.63) is 64.8 Å². The molecule has 1 N–H and O–H groups in total. The largest absolute Gasteiger partial charge is 0.462 e. The zero-order valence-corrected chi connectivity index (χ0v) is 19.3. The summed E-state index contributed by atoms with van der Waals surface area (Å²) in [6.07, 6.45) is 1.58. The van der Waals surface area contributed by atoms with Gasteiger partial charge in [-0.1, -0.05) is 16.8 Å². The standard InChI is InChI=1S/C24H24ClFN4O4/c1-2-33-24(32)16-7-10-20(19(25)12-16)27-23(31)17-4-3-11-30(13-17)14-21-28-22(29-34-21)15-5-8-18(26)9-6-15/h5-10,12,17H,2-4,11,13-14H2,1H3,(H,27,31). The van der Waals surface area contributed by atoms with Crippen LogP contribution in [0.1, 0.15) is 36.0 Å². The number of carbonyl (C=O) groups is 2. The average molecular weight is 487 g/mol. The zero-order chi connectivity index (χ0) is 24.1. The first-order valence-electron chi connectivity index (χ1n) is 11.0. The van der Waals surface area contributed by atoms with Crippen molar-refractivity contribution in [1.29, 1.82) is 0 Å². The van der Waals surface area contributed by atoms with Crippen molar-refractivity contribution in [2.75, 3.05) is 25.0 Å². The second-order valence-corrected chi connectivity index (χ2v) is 8.40. The molecule has 3 aromatic rings. The molecule has 1 aliphatic heterocycles. The predicted molar refractivity (Wildman–Crippen MR) is 124 cm³/mol. The van der Waals surface area contributed by atoms with Gasteiger partial charge in [-0.25, -0.2) is 9.18 Å². The summed E-state index contributed by atoms with van der Waals surface area (Å²) in [6, 6.07) is 10.5. The van der Waals surface area contributed by atoms with Crippen molar-refractivity contribution >= 4 is 29.2 Å². The van der Waals surface area contributed by atoms with Crippen molar-refractivity contribution in [2.45, 2.75) is 26.3 Å². The molecular formula is C24H24ClFN4O4. The van der Waals surface area contributed by atoms with Gasteiger partial charge < -0.3 is 14.6 Å². The van der Waals surface area contributed by atoms with E-state index in [9.17, 15) is 14.0 Å². The van der Waals surface area contributed by atoms with E-state index in [2.05, 4.69) is 20.4 Å². The van der Waals surface area contributed by atoms with Gasteiger partial charge in [0.2, 0.25) is 17.6 Å². The van der Waals surface area contributed by atoms with Gasteiger partial charge in [-0.05, 0) is 68.8 Å². The van der Waals surface area contributed by atoms with Crippen LogP contribution >= 0.6 is 11.6 Å². The number of carbonyl (C=O) groups excluding carboxylic acids is 2.